The molecule has 0 aromatic carbocycles. The number of likely N-dealkylation sites (tertiary alicyclic amines) is 1. The van der Waals surface area contributed by atoms with Crippen LogP contribution in [0.4, 0.5) is 0 Å². The van der Waals surface area contributed by atoms with E-state index < -0.39 is 0 Å². The Morgan fingerprint density at radius 1 is 1.40 bits per heavy atom. The number of carbonyl (C=O) groups is 1. The van der Waals surface area contributed by atoms with Gasteiger partial charge >= 0.3 is 0 Å². The van der Waals surface area contributed by atoms with Crippen LogP contribution in [-0.2, 0) is 4.79 Å². The van der Waals surface area contributed by atoms with Crippen molar-refractivity contribution in [2.45, 2.75) is 31.7 Å². The standard InChI is InChI=1S/C12H15NOS/c14-12(9-5-6-9)13-7-1-3-10(13)11-4-2-8-15-11/h2,4,8-10H,1,3,5-7H2. The predicted octanol–water partition coefficient (Wildman–Crippen LogP) is 2.82. The first-order valence-electron chi connectivity index (χ1n) is 5.70. The van der Waals surface area contributed by atoms with Crippen molar-refractivity contribution in [2.75, 3.05) is 6.54 Å². The second kappa shape index (κ2) is 3.63. The van der Waals surface area contributed by atoms with Gasteiger partial charge in [0, 0.05) is 17.3 Å². The summed E-state index contributed by atoms with van der Waals surface area (Å²) in [7, 11) is 0. The first-order chi connectivity index (χ1) is 7.36. The van der Waals surface area contributed by atoms with Gasteiger partial charge in [-0.2, -0.15) is 0 Å². The molecule has 1 amide bonds. The molecule has 0 N–H and O–H groups in total. The van der Waals surface area contributed by atoms with E-state index in [2.05, 4.69) is 22.4 Å². The van der Waals surface area contributed by atoms with Crippen LogP contribution >= 0.6 is 11.3 Å². The van der Waals surface area contributed by atoms with Crippen LogP contribution < -0.4 is 0 Å². The highest BCUT2D eigenvalue weighted by atomic mass is 32.1. The van der Waals surface area contributed by atoms with Crippen LogP contribution in [-0.4, -0.2) is 17.4 Å². The molecule has 2 heterocycles. The number of hydrogen-bond acceptors (Lipinski definition) is 2. The summed E-state index contributed by atoms with van der Waals surface area (Å²) < 4.78 is 0. The lowest BCUT2D eigenvalue weighted by Crippen LogP contribution is -2.31. The van der Waals surface area contributed by atoms with Crippen LogP contribution in [0, 0.1) is 5.92 Å². The largest absolute Gasteiger partial charge is 0.335 e. The molecular weight excluding hydrogens is 206 g/mol. The van der Waals surface area contributed by atoms with Gasteiger partial charge in [0.2, 0.25) is 5.91 Å². The van der Waals surface area contributed by atoms with E-state index in [1.54, 1.807) is 11.3 Å². The van der Waals surface area contributed by atoms with Gasteiger partial charge in [-0.05, 0) is 37.1 Å². The summed E-state index contributed by atoms with van der Waals surface area (Å²) in [5, 5.41) is 2.10. The summed E-state index contributed by atoms with van der Waals surface area (Å²) in [5.41, 5.74) is 0. The summed E-state index contributed by atoms with van der Waals surface area (Å²) >= 11 is 1.78. The van der Waals surface area contributed by atoms with Crippen LogP contribution in [0.2, 0.25) is 0 Å². The lowest BCUT2D eigenvalue weighted by molar-refractivity contribution is -0.133. The Balaban J connectivity index is 1.79. The predicted molar refractivity (Wildman–Crippen MR) is 60.7 cm³/mol. The lowest BCUT2D eigenvalue weighted by Gasteiger charge is -2.23. The Bertz CT molecular complexity index is 356. The molecular formula is C12H15NOS. The van der Waals surface area contributed by atoms with Crippen LogP contribution in [0.5, 0.6) is 0 Å². The van der Waals surface area contributed by atoms with E-state index in [4.69, 9.17) is 0 Å². The third kappa shape index (κ3) is 1.69. The fourth-order valence-electron chi connectivity index (χ4n) is 2.37. The van der Waals surface area contributed by atoms with E-state index in [1.165, 1.54) is 11.3 Å². The Hall–Kier alpha value is -0.830. The normalized spacial score (nSPS) is 25.9. The number of rotatable bonds is 2. The molecule has 1 aromatic heterocycles. The quantitative estimate of drug-likeness (QED) is 0.752. The molecule has 0 spiro atoms. The van der Waals surface area contributed by atoms with Gasteiger partial charge in [0.15, 0.2) is 0 Å². The first-order valence-corrected chi connectivity index (χ1v) is 6.58. The minimum absolute atomic E-state index is 0.366. The topological polar surface area (TPSA) is 20.3 Å². The first kappa shape index (κ1) is 9.40. The van der Waals surface area contributed by atoms with E-state index in [0.29, 0.717) is 17.9 Å². The van der Waals surface area contributed by atoms with Crippen molar-refractivity contribution in [3.05, 3.63) is 22.4 Å². The smallest absolute Gasteiger partial charge is 0.226 e. The van der Waals surface area contributed by atoms with Gasteiger partial charge in [-0.3, -0.25) is 4.79 Å². The zero-order valence-corrected chi connectivity index (χ0v) is 9.50. The average molecular weight is 221 g/mol. The third-order valence-electron chi connectivity index (χ3n) is 3.33. The monoisotopic (exact) mass is 221 g/mol. The van der Waals surface area contributed by atoms with Crippen molar-refractivity contribution in [1.82, 2.24) is 4.90 Å². The Labute approximate surface area is 93.9 Å². The molecule has 2 fully saturated rings. The van der Waals surface area contributed by atoms with Crippen LogP contribution in [0.25, 0.3) is 0 Å². The van der Waals surface area contributed by atoms with E-state index in [-0.39, 0.29) is 0 Å². The number of nitrogens with zero attached hydrogens (tertiary/aromatic N) is 1. The van der Waals surface area contributed by atoms with E-state index in [0.717, 1.165) is 25.8 Å². The van der Waals surface area contributed by atoms with Crippen molar-refractivity contribution in [1.29, 1.82) is 0 Å². The van der Waals surface area contributed by atoms with E-state index in [1.807, 2.05) is 0 Å². The van der Waals surface area contributed by atoms with Crippen molar-refractivity contribution in [3.63, 3.8) is 0 Å². The van der Waals surface area contributed by atoms with Crippen molar-refractivity contribution in [2.24, 2.45) is 5.92 Å². The number of hydrogen-bond donors (Lipinski definition) is 0. The summed E-state index contributed by atoms with van der Waals surface area (Å²) in [5.74, 6) is 0.775. The van der Waals surface area contributed by atoms with E-state index in [9.17, 15) is 4.79 Å². The average Bonchev–Trinajstić information content (AvgIpc) is 2.80. The molecule has 15 heavy (non-hydrogen) atoms. The fraction of sp³-hybridized carbons (Fsp3) is 0.583. The molecule has 80 valence electrons. The molecule has 1 aromatic rings. The lowest BCUT2D eigenvalue weighted by atomic mass is 10.2. The van der Waals surface area contributed by atoms with Crippen molar-refractivity contribution >= 4 is 17.2 Å². The SMILES string of the molecule is O=C(C1CC1)N1CCCC1c1cccs1. The second-order valence-electron chi connectivity index (χ2n) is 4.48. The highest BCUT2D eigenvalue weighted by Gasteiger charge is 2.38. The molecule has 2 nitrogen and oxygen atoms in total. The molecule has 1 aliphatic heterocycles. The van der Waals surface area contributed by atoms with Gasteiger partial charge in [0.1, 0.15) is 0 Å². The molecule has 0 radical (unpaired) electrons. The highest BCUT2D eigenvalue weighted by molar-refractivity contribution is 7.10. The molecule has 3 rings (SSSR count). The maximum Gasteiger partial charge on any atom is 0.226 e. The summed E-state index contributed by atoms with van der Waals surface area (Å²) in [4.78, 5) is 15.5. The molecule has 1 saturated heterocycles. The fourth-order valence-corrected chi connectivity index (χ4v) is 3.25. The molecule has 0 bridgehead atoms. The molecule has 1 unspecified atom stereocenters. The summed E-state index contributed by atoms with van der Waals surface area (Å²) in [6.07, 6.45) is 4.55. The van der Waals surface area contributed by atoms with Gasteiger partial charge in [-0.25, -0.2) is 0 Å². The number of carbonyl (C=O) groups excluding carboxylic acids is 1. The Kier molecular flexibility index (Phi) is 2.28. The van der Waals surface area contributed by atoms with Crippen LogP contribution in [0.1, 0.15) is 36.6 Å². The van der Waals surface area contributed by atoms with Crippen LogP contribution in [0.15, 0.2) is 17.5 Å². The van der Waals surface area contributed by atoms with Gasteiger partial charge in [0.25, 0.3) is 0 Å². The van der Waals surface area contributed by atoms with Crippen LogP contribution in [0.3, 0.4) is 0 Å². The van der Waals surface area contributed by atoms with Crippen molar-refractivity contribution in [3.8, 4) is 0 Å². The minimum Gasteiger partial charge on any atom is -0.335 e. The summed E-state index contributed by atoms with van der Waals surface area (Å²) in [6, 6.07) is 4.63. The third-order valence-corrected chi connectivity index (χ3v) is 4.31. The zero-order valence-electron chi connectivity index (χ0n) is 8.69. The van der Waals surface area contributed by atoms with E-state index >= 15 is 0 Å². The maximum absolute atomic E-state index is 12.0. The molecule has 1 saturated carbocycles. The number of amides is 1. The zero-order chi connectivity index (χ0) is 10.3. The van der Waals surface area contributed by atoms with Crippen molar-refractivity contribution < 1.29 is 4.79 Å². The second-order valence-corrected chi connectivity index (χ2v) is 5.46. The van der Waals surface area contributed by atoms with Gasteiger partial charge < -0.3 is 4.90 Å². The van der Waals surface area contributed by atoms with Gasteiger partial charge in [-0.15, -0.1) is 11.3 Å². The Morgan fingerprint density at radius 2 is 2.27 bits per heavy atom. The highest BCUT2D eigenvalue weighted by Crippen LogP contribution is 2.39. The molecule has 3 heteroatoms. The molecule has 1 aliphatic carbocycles. The van der Waals surface area contributed by atoms with Gasteiger partial charge in [0.05, 0.1) is 6.04 Å². The molecule has 2 aliphatic rings. The maximum atomic E-state index is 12.0. The number of thiophene rings is 1. The molecule has 1 atom stereocenters. The summed E-state index contributed by atoms with van der Waals surface area (Å²) in [6.45, 7) is 0.970. The van der Waals surface area contributed by atoms with Gasteiger partial charge in [-0.1, -0.05) is 6.07 Å². The minimum atomic E-state index is 0.366. The Morgan fingerprint density at radius 3 is 2.93 bits per heavy atom.